The highest BCUT2D eigenvalue weighted by Gasteiger charge is 2.36. The van der Waals surface area contributed by atoms with Crippen molar-refractivity contribution >= 4 is 0 Å². The lowest BCUT2D eigenvalue weighted by Gasteiger charge is -2.34. The molecule has 2 aromatic carbocycles. The minimum absolute atomic E-state index is 0.281. The van der Waals surface area contributed by atoms with Gasteiger partial charge in [0.05, 0.1) is 0 Å². The molecule has 3 nitrogen and oxygen atoms in total. The first-order valence-electron chi connectivity index (χ1n) is 7.01. The topological polar surface area (TPSA) is 38.0 Å². The van der Waals surface area contributed by atoms with Crippen LogP contribution in [0.2, 0.25) is 0 Å². The van der Waals surface area contributed by atoms with Crippen molar-refractivity contribution in [3.63, 3.8) is 0 Å². The lowest BCUT2D eigenvalue weighted by atomic mass is 9.84. The molecule has 3 aromatic rings. The SMILES string of the molecule is CC(O)(c1ccccc1)C(c1ccccc1)n1cccn1. The van der Waals surface area contributed by atoms with Crippen LogP contribution in [0.15, 0.2) is 79.1 Å². The molecule has 2 unspecified atom stereocenters. The highest BCUT2D eigenvalue weighted by Crippen LogP contribution is 2.37. The van der Waals surface area contributed by atoms with E-state index in [1.807, 2.05) is 84.5 Å². The number of aromatic nitrogens is 2. The number of aliphatic hydroxyl groups is 1. The van der Waals surface area contributed by atoms with Crippen molar-refractivity contribution in [3.05, 3.63) is 90.3 Å². The van der Waals surface area contributed by atoms with Gasteiger partial charge in [0.2, 0.25) is 0 Å². The maximum Gasteiger partial charge on any atom is 0.113 e. The number of rotatable bonds is 4. The summed E-state index contributed by atoms with van der Waals surface area (Å²) >= 11 is 0. The van der Waals surface area contributed by atoms with Gasteiger partial charge in [-0.3, -0.25) is 4.68 Å². The average Bonchev–Trinajstić information content (AvgIpc) is 3.03. The Hall–Kier alpha value is -2.39. The van der Waals surface area contributed by atoms with Crippen LogP contribution >= 0.6 is 0 Å². The van der Waals surface area contributed by atoms with Gasteiger partial charge in [-0.2, -0.15) is 5.10 Å². The van der Waals surface area contributed by atoms with Crippen molar-refractivity contribution in [1.82, 2.24) is 9.78 Å². The van der Waals surface area contributed by atoms with E-state index in [0.29, 0.717) is 0 Å². The molecule has 0 radical (unpaired) electrons. The molecule has 1 heterocycles. The van der Waals surface area contributed by atoms with Crippen molar-refractivity contribution in [3.8, 4) is 0 Å². The van der Waals surface area contributed by atoms with Gasteiger partial charge in [0, 0.05) is 12.4 Å². The van der Waals surface area contributed by atoms with Crippen LogP contribution < -0.4 is 0 Å². The Balaban J connectivity index is 2.12. The first kappa shape index (κ1) is 13.6. The standard InChI is InChI=1S/C18H18N2O/c1-18(21,16-11-6-3-7-12-16)17(20-14-8-13-19-20)15-9-4-2-5-10-15/h2-14,17,21H,1H3. The molecule has 106 valence electrons. The van der Waals surface area contributed by atoms with Crippen LogP contribution in [-0.2, 0) is 5.60 Å². The van der Waals surface area contributed by atoms with E-state index in [1.165, 1.54) is 0 Å². The minimum Gasteiger partial charge on any atom is -0.383 e. The van der Waals surface area contributed by atoms with E-state index < -0.39 is 5.60 Å². The summed E-state index contributed by atoms with van der Waals surface area (Å²) in [4.78, 5) is 0. The highest BCUT2D eigenvalue weighted by atomic mass is 16.3. The zero-order valence-electron chi connectivity index (χ0n) is 11.9. The van der Waals surface area contributed by atoms with Gasteiger partial charge in [-0.25, -0.2) is 0 Å². The predicted octanol–water partition coefficient (Wildman–Crippen LogP) is 3.38. The van der Waals surface area contributed by atoms with Gasteiger partial charge in [-0.1, -0.05) is 60.7 Å². The van der Waals surface area contributed by atoms with Crippen molar-refractivity contribution in [2.24, 2.45) is 0 Å². The lowest BCUT2D eigenvalue weighted by molar-refractivity contribution is 0.0116. The molecule has 0 bridgehead atoms. The van der Waals surface area contributed by atoms with Crippen LogP contribution in [0.4, 0.5) is 0 Å². The third-order valence-electron chi connectivity index (χ3n) is 3.80. The fourth-order valence-electron chi connectivity index (χ4n) is 2.74. The summed E-state index contributed by atoms with van der Waals surface area (Å²) in [5, 5.41) is 15.6. The molecule has 21 heavy (non-hydrogen) atoms. The molecule has 0 aliphatic carbocycles. The average molecular weight is 278 g/mol. The molecule has 0 spiro atoms. The van der Waals surface area contributed by atoms with Crippen molar-refractivity contribution in [2.75, 3.05) is 0 Å². The summed E-state index contributed by atoms with van der Waals surface area (Å²) < 4.78 is 1.81. The molecule has 0 fully saturated rings. The molecule has 0 aliphatic rings. The normalized spacial score (nSPS) is 15.3. The van der Waals surface area contributed by atoms with Gasteiger partial charge < -0.3 is 5.11 Å². The van der Waals surface area contributed by atoms with Crippen molar-refractivity contribution < 1.29 is 5.11 Å². The Labute approximate surface area is 124 Å². The number of benzene rings is 2. The third kappa shape index (κ3) is 2.60. The summed E-state index contributed by atoms with van der Waals surface area (Å²) in [6, 6.07) is 21.3. The summed E-state index contributed by atoms with van der Waals surface area (Å²) in [5.41, 5.74) is 0.832. The van der Waals surface area contributed by atoms with Gasteiger partial charge in [-0.15, -0.1) is 0 Å². The van der Waals surface area contributed by atoms with Crippen LogP contribution in [0, 0.1) is 0 Å². The molecule has 0 amide bonds. The Bertz CT molecular complexity index is 676. The monoisotopic (exact) mass is 278 g/mol. The summed E-state index contributed by atoms with van der Waals surface area (Å²) in [6.07, 6.45) is 3.62. The van der Waals surface area contributed by atoms with E-state index in [4.69, 9.17) is 0 Å². The van der Waals surface area contributed by atoms with E-state index >= 15 is 0 Å². The number of nitrogens with zero attached hydrogens (tertiary/aromatic N) is 2. The molecular formula is C18H18N2O. The quantitative estimate of drug-likeness (QED) is 0.794. The molecule has 1 aromatic heterocycles. The van der Waals surface area contributed by atoms with Gasteiger partial charge in [0.25, 0.3) is 0 Å². The van der Waals surface area contributed by atoms with Crippen molar-refractivity contribution in [1.29, 1.82) is 0 Å². The maximum absolute atomic E-state index is 11.2. The molecule has 3 heteroatoms. The molecule has 3 rings (SSSR count). The smallest absolute Gasteiger partial charge is 0.113 e. The third-order valence-corrected chi connectivity index (χ3v) is 3.80. The van der Waals surface area contributed by atoms with Crippen LogP contribution in [0.1, 0.15) is 24.1 Å². The Kier molecular flexibility index (Phi) is 3.59. The van der Waals surface area contributed by atoms with Gasteiger partial charge in [0.1, 0.15) is 11.6 Å². The Morgan fingerprint density at radius 1 is 0.952 bits per heavy atom. The van der Waals surface area contributed by atoms with E-state index in [9.17, 15) is 5.11 Å². The van der Waals surface area contributed by atoms with Crippen LogP contribution in [0.25, 0.3) is 0 Å². The summed E-state index contributed by atoms with van der Waals surface area (Å²) in [5.74, 6) is 0. The van der Waals surface area contributed by atoms with E-state index in [0.717, 1.165) is 11.1 Å². The molecule has 1 N–H and O–H groups in total. The maximum atomic E-state index is 11.2. The highest BCUT2D eigenvalue weighted by molar-refractivity contribution is 5.30. The molecular weight excluding hydrogens is 260 g/mol. The summed E-state index contributed by atoms with van der Waals surface area (Å²) in [7, 11) is 0. The number of hydrogen-bond donors (Lipinski definition) is 1. The van der Waals surface area contributed by atoms with Gasteiger partial charge >= 0.3 is 0 Å². The summed E-state index contributed by atoms with van der Waals surface area (Å²) in [6.45, 7) is 1.84. The molecule has 0 saturated heterocycles. The first-order valence-corrected chi connectivity index (χ1v) is 7.01. The molecule has 2 atom stereocenters. The zero-order valence-corrected chi connectivity index (χ0v) is 11.9. The number of hydrogen-bond acceptors (Lipinski definition) is 2. The zero-order chi connectivity index (χ0) is 14.7. The van der Waals surface area contributed by atoms with E-state index in [2.05, 4.69) is 5.10 Å². The first-order chi connectivity index (χ1) is 10.2. The molecule has 0 saturated carbocycles. The van der Waals surface area contributed by atoms with Crippen LogP contribution in [0.5, 0.6) is 0 Å². The van der Waals surface area contributed by atoms with Crippen LogP contribution in [0.3, 0.4) is 0 Å². The van der Waals surface area contributed by atoms with Crippen LogP contribution in [-0.4, -0.2) is 14.9 Å². The molecule has 0 aliphatic heterocycles. The van der Waals surface area contributed by atoms with E-state index in [-0.39, 0.29) is 6.04 Å². The second kappa shape index (κ2) is 5.54. The largest absolute Gasteiger partial charge is 0.383 e. The van der Waals surface area contributed by atoms with Crippen molar-refractivity contribution in [2.45, 2.75) is 18.6 Å². The second-order valence-corrected chi connectivity index (χ2v) is 5.31. The second-order valence-electron chi connectivity index (χ2n) is 5.31. The lowest BCUT2D eigenvalue weighted by Crippen LogP contribution is -2.35. The van der Waals surface area contributed by atoms with Gasteiger partial charge in [0.15, 0.2) is 0 Å². The van der Waals surface area contributed by atoms with E-state index in [1.54, 1.807) is 6.20 Å². The fourth-order valence-corrected chi connectivity index (χ4v) is 2.74. The minimum atomic E-state index is -1.06. The Morgan fingerprint density at radius 3 is 2.14 bits per heavy atom. The van der Waals surface area contributed by atoms with Gasteiger partial charge in [-0.05, 0) is 24.1 Å². The fraction of sp³-hybridized carbons (Fsp3) is 0.167. The Morgan fingerprint density at radius 2 is 1.57 bits per heavy atom. The predicted molar refractivity (Wildman–Crippen MR) is 82.8 cm³/mol.